The van der Waals surface area contributed by atoms with E-state index in [4.69, 9.17) is 18.9 Å². The van der Waals surface area contributed by atoms with Crippen LogP contribution in [0.2, 0.25) is 0 Å². The maximum atomic E-state index is 11.6. The zero-order chi connectivity index (χ0) is 13.8. The van der Waals surface area contributed by atoms with E-state index < -0.39 is 5.79 Å². The molecule has 5 heteroatoms. The minimum absolute atomic E-state index is 0.0183. The number of ether oxygens (including phenoxy) is 4. The van der Waals surface area contributed by atoms with Gasteiger partial charge in [0.25, 0.3) is 0 Å². The zero-order valence-corrected chi connectivity index (χ0v) is 11.9. The third-order valence-corrected chi connectivity index (χ3v) is 4.33. The summed E-state index contributed by atoms with van der Waals surface area (Å²) in [6.07, 6.45) is 0.373. The fourth-order valence-electron chi connectivity index (χ4n) is 3.47. The number of carbonyl (C=O) groups is 1. The van der Waals surface area contributed by atoms with Crippen molar-refractivity contribution in [3.05, 3.63) is 0 Å². The summed E-state index contributed by atoms with van der Waals surface area (Å²) >= 11 is 0. The zero-order valence-electron chi connectivity index (χ0n) is 11.9. The highest BCUT2D eigenvalue weighted by molar-refractivity contribution is 5.79. The molecule has 3 fully saturated rings. The first-order chi connectivity index (χ1) is 8.87. The van der Waals surface area contributed by atoms with Crippen LogP contribution < -0.4 is 0 Å². The topological polar surface area (TPSA) is 54.0 Å². The normalized spacial score (nSPS) is 48.4. The number of Topliss-reactive ketones (excluding diaryl/α,β-unsaturated/α-hetero) is 1. The maximum absolute atomic E-state index is 11.6. The van der Waals surface area contributed by atoms with Crippen LogP contribution in [0.3, 0.4) is 0 Å². The van der Waals surface area contributed by atoms with Crippen molar-refractivity contribution < 1.29 is 23.7 Å². The van der Waals surface area contributed by atoms with Gasteiger partial charge in [0.05, 0.1) is 18.8 Å². The van der Waals surface area contributed by atoms with Gasteiger partial charge in [-0.2, -0.15) is 0 Å². The number of hydrogen-bond acceptors (Lipinski definition) is 5. The summed E-state index contributed by atoms with van der Waals surface area (Å²) < 4.78 is 23.4. The van der Waals surface area contributed by atoms with E-state index in [1.54, 1.807) is 6.92 Å². The summed E-state index contributed by atoms with van der Waals surface area (Å²) in [5.74, 6) is -0.391. The lowest BCUT2D eigenvalue weighted by atomic mass is 9.93. The predicted octanol–water partition coefficient (Wildman–Crippen LogP) is 1.29. The molecule has 6 atom stereocenters. The van der Waals surface area contributed by atoms with Gasteiger partial charge in [0.15, 0.2) is 5.79 Å². The summed E-state index contributed by atoms with van der Waals surface area (Å²) in [5, 5.41) is 0. The van der Waals surface area contributed by atoms with Crippen molar-refractivity contribution in [3.63, 3.8) is 0 Å². The molecule has 0 aliphatic carbocycles. The van der Waals surface area contributed by atoms with Gasteiger partial charge in [-0.1, -0.05) is 0 Å². The van der Waals surface area contributed by atoms with Gasteiger partial charge in [0.1, 0.15) is 24.1 Å². The molecule has 3 rings (SSSR count). The minimum atomic E-state index is -0.554. The monoisotopic (exact) mass is 270 g/mol. The van der Waals surface area contributed by atoms with Gasteiger partial charge in [-0.25, -0.2) is 0 Å². The molecule has 0 spiro atoms. The Kier molecular flexibility index (Phi) is 3.21. The Bertz CT molecular complexity index is 380. The first kappa shape index (κ1) is 13.5. The smallest absolute Gasteiger partial charge is 0.164 e. The molecule has 3 aliphatic rings. The first-order valence-electron chi connectivity index (χ1n) is 7.00. The molecule has 0 radical (unpaired) electrons. The Labute approximate surface area is 113 Å². The molecule has 0 unspecified atom stereocenters. The van der Waals surface area contributed by atoms with Crippen molar-refractivity contribution >= 4 is 5.78 Å². The van der Waals surface area contributed by atoms with Gasteiger partial charge < -0.3 is 18.9 Å². The first-order valence-corrected chi connectivity index (χ1v) is 7.00. The van der Waals surface area contributed by atoms with Crippen LogP contribution in [0.5, 0.6) is 0 Å². The van der Waals surface area contributed by atoms with E-state index in [2.05, 4.69) is 0 Å². The number of carbonyl (C=O) groups excluding carboxylic acids is 1. The minimum Gasteiger partial charge on any atom is -0.372 e. The van der Waals surface area contributed by atoms with E-state index in [1.807, 2.05) is 20.8 Å². The van der Waals surface area contributed by atoms with E-state index in [-0.39, 0.29) is 42.2 Å². The fourth-order valence-corrected chi connectivity index (χ4v) is 3.47. The molecule has 3 heterocycles. The summed E-state index contributed by atoms with van der Waals surface area (Å²) in [5.41, 5.74) is 0. The van der Waals surface area contributed by atoms with Gasteiger partial charge in [0, 0.05) is 5.92 Å². The van der Waals surface area contributed by atoms with Crippen LogP contribution in [0.1, 0.15) is 34.1 Å². The van der Waals surface area contributed by atoms with Crippen LogP contribution in [-0.4, -0.2) is 48.7 Å². The molecule has 0 aromatic carbocycles. The largest absolute Gasteiger partial charge is 0.372 e. The molecule has 108 valence electrons. The molecule has 3 aliphatic heterocycles. The maximum Gasteiger partial charge on any atom is 0.164 e. The van der Waals surface area contributed by atoms with Crippen molar-refractivity contribution in [1.29, 1.82) is 0 Å². The number of ketones is 1. The lowest BCUT2D eigenvalue weighted by Crippen LogP contribution is -2.38. The lowest BCUT2D eigenvalue weighted by Gasteiger charge is -2.25. The van der Waals surface area contributed by atoms with Crippen LogP contribution in [0, 0.1) is 5.92 Å². The summed E-state index contributed by atoms with van der Waals surface area (Å²) in [4.78, 5) is 11.6. The van der Waals surface area contributed by atoms with E-state index in [0.717, 1.165) is 0 Å². The van der Waals surface area contributed by atoms with Crippen molar-refractivity contribution in [2.45, 2.75) is 70.4 Å². The second-order valence-electron chi connectivity index (χ2n) is 6.27. The van der Waals surface area contributed by atoms with Crippen LogP contribution in [0.25, 0.3) is 0 Å². The van der Waals surface area contributed by atoms with Crippen molar-refractivity contribution in [2.24, 2.45) is 5.92 Å². The van der Waals surface area contributed by atoms with Crippen LogP contribution in [0.15, 0.2) is 0 Å². The third kappa shape index (κ3) is 2.33. The van der Waals surface area contributed by atoms with E-state index in [9.17, 15) is 4.79 Å². The Morgan fingerprint density at radius 3 is 2.53 bits per heavy atom. The predicted molar refractivity (Wildman–Crippen MR) is 66.7 cm³/mol. The molecular formula is C14H22O5. The highest BCUT2D eigenvalue weighted by Crippen LogP contribution is 2.40. The van der Waals surface area contributed by atoms with Gasteiger partial charge in [-0.05, 0) is 34.1 Å². The van der Waals surface area contributed by atoms with Crippen LogP contribution >= 0.6 is 0 Å². The second-order valence-corrected chi connectivity index (χ2v) is 6.27. The van der Waals surface area contributed by atoms with E-state index in [1.165, 1.54) is 0 Å². The SMILES string of the molecule is CC(=O)[C@@H]1C[C@H]([C@@H]2OC[C@H]3OC(C)(C)O[C@@H]23)O[C@@H]1C. The Balaban J connectivity index is 1.69. The van der Waals surface area contributed by atoms with Gasteiger partial charge in [-0.3, -0.25) is 4.79 Å². The molecule has 3 saturated heterocycles. The van der Waals surface area contributed by atoms with Crippen molar-refractivity contribution in [2.75, 3.05) is 6.61 Å². The molecular weight excluding hydrogens is 248 g/mol. The molecule has 0 bridgehead atoms. The Morgan fingerprint density at radius 1 is 1.16 bits per heavy atom. The fraction of sp³-hybridized carbons (Fsp3) is 0.929. The molecule has 0 amide bonds. The Hall–Kier alpha value is -0.490. The average molecular weight is 270 g/mol. The number of fused-ring (bicyclic) bond motifs is 1. The standard InChI is InChI=1S/C14H22O5/c1-7(15)9-5-10(17-8(9)2)12-13-11(6-16-12)18-14(3,4)19-13/h8-13H,5-6H2,1-4H3/t8-,9+,10-,11-,12+,13-/m1/s1. The van der Waals surface area contributed by atoms with Crippen molar-refractivity contribution in [1.82, 2.24) is 0 Å². The molecule has 19 heavy (non-hydrogen) atoms. The number of hydrogen-bond donors (Lipinski definition) is 0. The number of rotatable bonds is 2. The molecule has 0 saturated carbocycles. The van der Waals surface area contributed by atoms with Crippen LogP contribution in [-0.2, 0) is 23.7 Å². The molecule has 0 N–H and O–H groups in total. The third-order valence-electron chi connectivity index (χ3n) is 4.33. The van der Waals surface area contributed by atoms with E-state index >= 15 is 0 Å². The summed E-state index contributed by atoms with van der Waals surface area (Å²) in [6, 6.07) is 0. The molecule has 0 aromatic rings. The Morgan fingerprint density at radius 2 is 1.89 bits per heavy atom. The van der Waals surface area contributed by atoms with Gasteiger partial charge in [-0.15, -0.1) is 0 Å². The highest BCUT2D eigenvalue weighted by Gasteiger charge is 2.54. The van der Waals surface area contributed by atoms with Crippen LogP contribution in [0.4, 0.5) is 0 Å². The lowest BCUT2D eigenvalue weighted by molar-refractivity contribution is -0.186. The summed E-state index contributed by atoms with van der Waals surface area (Å²) in [7, 11) is 0. The van der Waals surface area contributed by atoms with E-state index in [0.29, 0.717) is 13.0 Å². The summed E-state index contributed by atoms with van der Waals surface area (Å²) in [6.45, 7) is 7.95. The second kappa shape index (κ2) is 4.52. The van der Waals surface area contributed by atoms with Gasteiger partial charge >= 0.3 is 0 Å². The average Bonchev–Trinajstić information content (AvgIpc) is 2.89. The van der Waals surface area contributed by atoms with Crippen molar-refractivity contribution in [3.8, 4) is 0 Å². The molecule has 0 aromatic heterocycles. The quantitative estimate of drug-likeness (QED) is 0.756. The van der Waals surface area contributed by atoms with Gasteiger partial charge in [0.2, 0.25) is 0 Å². The highest BCUT2D eigenvalue weighted by atomic mass is 16.8. The molecule has 5 nitrogen and oxygen atoms in total.